The average molecular weight is 345 g/mol. The third-order valence-corrected chi connectivity index (χ3v) is 2.79. The number of hydrogen-bond acceptors (Lipinski definition) is 5. The lowest BCUT2D eigenvalue weighted by Crippen LogP contribution is -2.43. The van der Waals surface area contributed by atoms with Gasteiger partial charge in [0.1, 0.15) is 11.3 Å². The number of carbonyl (C=O) groups excluding carboxylic acids is 3. The molecule has 0 heterocycles. The van der Waals surface area contributed by atoms with Gasteiger partial charge in [0.25, 0.3) is 5.91 Å². The number of hydrogen-bond donors (Lipinski definition) is 3. The Morgan fingerprint density at radius 2 is 2.00 bits per heavy atom. The molecule has 8 heteroatoms. The second-order valence-electron chi connectivity index (χ2n) is 3.78. The second kappa shape index (κ2) is 6.90. The number of amides is 3. The SMILES string of the molecule is CNC(=O)NC(=O)[C@@H](C)OC(=O)c1cc(Br)ccc1O. The zero-order valence-electron chi connectivity index (χ0n) is 10.8. The van der Waals surface area contributed by atoms with Crippen molar-refractivity contribution < 1.29 is 24.2 Å². The first-order chi connectivity index (χ1) is 9.35. The molecule has 1 aromatic carbocycles. The lowest BCUT2D eigenvalue weighted by molar-refractivity contribution is -0.127. The Bertz CT molecular complexity index is 547. The van der Waals surface area contributed by atoms with Crippen LogP contribution in [0.3, 0.4) is 0 Å². The molecule has 20 heavy (non-hydrogen) atoms. The summed E-state index contributed by atoms with van der Waals surface area (Å²) in [4.78, 5) is 34.3. The smallest absolute Gasteiger partial charge is 0.342 e. The number of urea groups is 1. The van der Waals surface area contributed by atoms with Crippen LogP contribution in [0.15, 0.2) is 22.7 Å². The quantitative estimate of drug-likeness (QED) is 0.713. The van der Waals surface area contributed by atoms with Crippen LogP contribution >= 0.6 is 15.9 Å². The lowest BCUT2D eigenvalue weighted by Gasteiger charge is -2.13. The van der Waals surface area contributed by atoms with Crippen molar-refractivity contribution in [3.63, 3.8) is 0 Å². The fraction of sp³-hybridized carbons (Fsp3) is 0.250. The summed E-state index contributed by atoms with van der Waals surface area (Å²) in [5, 5.41) is 13.7. The van der Waals surface area contributed by atoms with Gasteiger partial charge >= 0.3 is 12.0 Å². The summed E-state index contributed by atoms with van der Waals surface area (Å²) in [7, 11) is 1.35. The van der Waals surface area contributed by atoms with E-state index in [2.05, 4.69) is 21.2 Å². The molecule has 0 saturated heterocycles. The van der Waals surface area contributed by atoms with Gasteiger partial charge in [-0.1, -0.05) is 15.9 Å². The average Bonchev–Trinajstić information content (AvgIpc) is 2.40. The highest BCUT2D eigenvalue weighted by atomic mass is 79.9. The minimum Gasteiger partial charge on any atom is -0.507 e. The third-order valence-electron chi connectivity index (χ3n) is 2.30. The topological polar surface area (TPSA) is 105 Å². The van der Waals surface area contributed by atoms with Crippen LogP contribution in [-0.4, -0.2) is 36.2 Å². The Kier molecular flexibility index (Phi) is 5.51. The Hall–Kier alpha value is -2.09. The number of aromatic hydroxyl groups is 1. The van der Waals surface area contributed by atoms with Crippen LogP contribution in [0.2, 0.25) is 0 Å². The van der Waals surface area contributed by atoms with Crippen molar-refractivity contribution in [3.8, 4) is 5.75 Å². The molecule has 7 nitrogen and oxygen atoms in total. The van der Waals surface area contributed by atoms with Crippen LogP contribution in [0.1, 0.15) is 17.3 Å². The number of phenols is 1. The first-order valence-corrected chi connectivity index (χ1v) is 6.36. The molecule has 0 aromatic heterocycles. The molecule has 0 bridgehead atoms. The predicted octanol–water partition coefficient (Wildman–Crippen LogP) is 1.16. The highest BCUT2D eigenvalue weighted by Crippen LogP contribution is 2.22. The summed E-state index contributed by atoms with van der Waals surface area (Å²) < 4.78 is 5.44. The fourth-order valence-electron chi connectivity index (χ4n) is 1.23. The molecule has 0 aliphatic rings. The van der Waals surface area contributed by atoms with E-state index >= 15 is 0 Å². The van der Waals surface area contributed by atoms with Gasteiger partial charge in [-0.15, -0.1) is 0 Å². The van der Waals surface area contributed by atoms with Crippen LogP contribution in [-0.2, 0) is 9.53 Å². The summed E-state index contributed by atoms with van der Waals surface area (Å²) in [6, 6.07) is 3.52. The maximum atomic E-state index is 11.8. The number of imide groups is 1. The summed E-state index contributed by atoms with van der Waals surface area (Å²) in [6.45, 7) is 1.31. The molecule has 108 valence electrons. The molecular formula is C12H13BrN2O5. The molecule has 0 aliphatic carbocycles. The molecule has 0 unspecified atom stereocenters. The number of esters is 1. The van der Waals surface area contributed by atoms with Crippen molar-refractivity contribution in [1.82, 2.24) is 10.6 Å². The predicted molar refractivity (Wildman–Crippen MR) is 73.3 cm³/mol. The number of halogens is 1. The Morgan fingerprint density at radius 1 is 1.35 bits per heavy atom. The summed E-state index contributed by atoms with van der Waals surface area (Å²) in [5.74, 6) is -1.91. The van der Waals surface area contributed by atoms with Gasteiger partial charge in [0.2, 0.25) is 0 Å². The van der Waals surface area contributed by atoms with E-state index in [1.54, 1.807) is 6.07 Å². The molecule has 0 spiro atoms. The van der Waals surface area contributed by atoms with Crippen molar-refractivity contribution in [2.24, 2.45) is 0 Å². The Labute approximate surface area is 123 Å². The number of ether oxygens (including phenoxy) is 1. The van der Waals surface area contributed by atoms with Crippen LogP contribution in [0.4, 0.5) is 4.79 Å². The van der Waals surface area contributed by atoms with Gasteiger partial charge in [0.15, 0.2) is 6.10 Å². The molecule has 0 saturated carbocycles. The van der Waals surface area contributed by atoms with Gasteiger partial charge in [-0.25, -0.2) is 9.59 Å². The number of phenolic OH excluding ortho intramolecular Hbond substituents is 1. The van der Waals surface area contributed by atoms with E-state index in [4.69, 9.17) is 4.74 Å². The highest BCUT2D eigenvalue weighted by Gasteiger charge is 2.22. The molecule has 0 aliphatic heterocycles. The molecule has 0 fully saturated rings. The van der Waals surface area contributed by atoms with E-state index in [0.717, 1.165) is 0 Å². The molecule has 0 radical (unpaired) electrons. The van der Waals surface area contributed by atoms with Crippen molar-refractivity contribution >= 4 is 33.8 Å². The number of nitrogens with one attached hydrogen (secondary N) is 2. The monoisotopic (exact) mass is 344 g/mol. The molecule has 1 rings (SSSR count). The van der Waals surface area contributed by atoms with Gasteiger partial charge < -0.3 is 15.2 Å². The summed E-state index contributed by atoms with van der Waals surface area (Å²) in [5.41, 5.74) is -0.0843. The Balaban J connectivity index is 2.72. The molecule has 3 amide bonds. The van der Waals surface area contributed by atoms with Gasteiger partial charge in [-0.2, -0.15) is 0 Å². The maximum Gasteiger partial charge on any atom is 0.342 e. The normalized spacial score (nSPS) is 11.3. The molecule has 3 N–H and O–H groups in total. The van der Waals surface area contributed by atoms with Crippen molar-refractivity contribution in [2.45, 2.75) is 13.0 Å². The van der Waals surface area contributed by atoms with Crippen LogP contribution in [0, 0.1) is 0 Å². The molecule has 1 aromatic rings. The fourth-order valence-corrected chi connectivity index (χ4v) is 1.59. The number of carbonyl (C=O) groups is 3. The minimum atomic E-state index is -1.18. The summed E-state index contributed by atoms with van der Waals surface area (Å²) in [6.07, 6.45) is -1.18. The minimum absolute atomic E-state index is 0.0843. The van der Waals surface area contributed by atoms with E-state index in [-0.39, 0.29) is 11.3 Å². The maximum absolute atomic E-state index is 11.8. The third kappa shape index (κ3) is 4.23. The van der Waals surface area contributed by atoms with Crippen molar-refractivity contribution in [2.75, 3.05) is 7.05 Å². The molecular weight excluding hydrogens is 332 g/mol. The zero-order chi connectivity index (χ0) is 15.3. The highest BCUT2D eigenvalue weighted by molar-refractivity contribution is 9.10. The van der Waals surface area contributed by atoms with E-state index in [1.165, 1.54) is 26.1 Å². The largest absolute Gasteiger partial charge is 0.507 e. The number of rotatable bonds is 3. The van der Waals surface area contributed by atoms with Gasteiger partial charge in [-0.3, -0.25) is 10.1 Å². The summed E-state index contributed by atoms with van der Waals surface area (Å²) >= 11 is 3.15. The van der Waals surface area contributed by atoms with Crippen LogP contribution in [0.25, 0.3) is 0 Å². The van der Waals surface area contributed by atoms with Crippen LogP contribution in [0.5, 0.6) is 5.75 Å². The van der Waals surface area contributed by atoms with E-state index < -0.39 is 24.0 Å². The van der Waals surface area contributed by atoms with Crippen LogP contribution < -0.4 is 10.6 Å². The number of benzene rings is 1. The van der Waals surface area contributed by atoms with E-state index in [1.807, 2.05) is 5.32 Å². The zero-order valence-corrected chi connectivity index (χ0v) is 12.4. The van der Waals surface area contributed by atoms with E-state index in [0.29, 0.717) is 4.47 Å². The van der Waals surface area contributed by atoms with Crippen molar-refractivity contribution in [3.05, 3.63) is 28.2 Å². The van der Waals surface area contributed by atoms with Crippen molar-refractivity contribution in [1.29, 1.82) is 0 Å². The first-order valence-electron chi connectivity index (χ1n) is 5.57. The standard InChI is InChI=1S/C12H13BrN2O5/c1-6(10(17)15-12(19)14-2)20-11(18)8-5-7(13)3-4-9(8)16/h3-6,16H,1-2H3,(H2,14,15,17,19)/t6-/m1/s1. The van der Waals surface area contributed by atoms with Gasteiger partial charge in [0, 0.05) is 11.5 Å². The van der Waals surface area contributed by atoms with E-state index in [9.17, 15) is 19.5 Å². The van der Waals surface area contributed by atoms with Gasteiger partial charge in [-0.05, 0) is 25.1 Å². The first kappa shape index (κ1) is 16.0. The Morgan fingerprint density at radius 3 is 2.60 bits per heavy atom. The second-order valence-corrected chi connectivity index (χ2v) is 4.69. The van der Waals surface area contributed by atoms with Gasteiger partial charge in [0.05, 0.1) is 0 Å². The lowest BCUT2D eigenvalue weighted by atomic mass is 10.2. The molecule has 1 atom stereocenters.